The van der Waals surface area contributed by atoms with Crippen molar-refractivity contribution in [3.63, 3.8) is 0 Å². The average Bonchev–Trinajstić information content (AvgIpc) is 2.86. The molecule has 1 atom stereocenters. The molecule has 0 spiro atoms. The van der Waals surface area contributed by atoms with Gasteiger partial charge < -0.3 is 14.8 Å². The molecule has 0 saturated heterocycles. The van der Waals surface area contributed by atoms with E-state index in [0.717, 1.165) is 17.1 Å². The lowest BCUT2D eigenvalue weighted by atomic mass is 10.1. The number of anilines is 1. The van der Waals surface area contributed by atoms with Gasteiger partial charge in [-0.1, -0.05) is 12.1 Å². The second kappa shape index (κ2) is 6.44. The highest BCUT2D eigenvalue weighted by Crippen LogP contribution is 2.20. The van der Waals surface area contributed by atoms with E-state index in [0.29, 0.717) is 0 Å². The Morgan fingerprint density at radius 3 is 2.60 bits per heavy atom. The lowest BCUT2D eigenvalue weighted by Gasteiger charge is -2.23. The Morgan fingerprint density at radius 2 is 2.00 bits per heavy atom. The van der Waals surface area contributed by atoms with Crippen LogP contribution in [-0.2, 0) is 16.5 Å². The number of hydrogen-bond acceptors (Lipinski definition) is 6. The van der Waals surface area contributed by atoms with Crippen molar-refractivity contribution in [3.05, 3.63) is 24.3 Å². The first-order chi connectivity index (χ1) is 9.65. The summed E-state index contributed by atoms with van der Waals surface area (Å²) in [6.07, 6.45) is -0.310. The van der Waals surface area contributed by atoms with Crippen LogP contribution in [0.3, 0.4) is 0 Å². The van der Waals surface area contributed by atoms with Crippen LogP contribution in [0.1, 0.15) is 6.92 Å². The minimum atomic E-state index is -0.310. The Balaban J connectivity index is 2.16. The molecule has 1 aromatic carbocycles. The third-order valence-corrected chi connectivity index (χ3v) is 3.01. The second-order valence-electron chi connectivity index (χ2n) is 4.48. The van der Waals surface area contributed by atoms with Gasteiger partial charge in [-0.25, -0.2) is 4.68 Å². The van der Waals surface area contributed by atoms with Crippen molar-refractivity contribution < 1.29 is 9.47 Å². The van der Waals surface area contributed by atoms with E-state index in [-0.39, 0.29) is 12.3 Å². The fourth-order valence-electron chi connectivity index (χ4n) is 2.06. The summed E-state index contributed by atoms with van der Waals surface area (Å²) in [5.41, 5.74) is 1.90. The van der Waals surface area contributed by atoms with E-state index in [4.69, 9.17) is 9.47 Å². The highest BCUT2D eigenvalue weighted by molar-refractivity contribution is 5.62. The van der Waals surface area contributed by atoms with Gasteiger partial charge in [-0.15, -0.1) is 5.10 Å². The molecule has 0 saturated carbocycles. The van der Waals surface area contributed by atoms with Crippen LogP contribution in [-0.4, -0.2) is 46.8 Å². The predicted octanol–water partition coefficient (Wildman–Crippen LogP) is 1.30. The van der Waals surface area contributed by atoms with Crippen LogP contribution in [0.4, 0.5) is 5.69 Å². The van der Waals surface area contributed by atoms with Gasteiger partial charge in [0, 0.05) is 32.5 Å². The first-order valence-corrected chi connectivity index (χ1v) is 6.30. The van der Waals surface area contributed by atoms with Gasteiger partial charge in [0.1, 0.15) is 0 Å². The minimum Gasteiger partial charge on any atom is -0.377 e. The second-order valence-corrected chi connectivity index (χ2v) is 4.48. The zero-order valence-electron chi connectivity index (χ0n) is 12.1. The van der Waals surface area contributed by atoms with Crippen LogP contribution in [0.15, 0.2) is 24.3 Å². The van der Waals surface area contributed by atoms with Crippen LogP contribution < -0.4 is 5.32 Å². The van der Waals surface area contributed by atoms with E-state index in [1.165, 1.54) is 0 Å². The molecule has 0 aliphatic heterocycles. The minimum absolute atomic E-state index is 0.0119. The SMILES string of the molecule is COC(OC)C(C)Nc1cccc(-c2nnnn2C)c1. The predicted molar refractivity (Wildman–Crippen MR) is 75.1 cm³/mol. The zero-order valence-corrected chi connectivity index (χ0v) is 12.1. The van der Waals surface area contributed by atoms with Gasteiger partial charge in [0.05, 0.1) is 6.04 Å². The van der Waals surface area contributed by atoms with Crippen LogP contribution in [0.5, 0.6) is 0 Å². The normalized spacial score (nSPS) is 12.7. The summed E-state index contributed by atoms with van der Waals surface area (Å²) in [6, 6.07) is 7.90. The number of ether oxygens (including phenoxy) is 2. The number of hydrogen-bond donors (Lipinski definition) is 1. The summed E-state index contributed by atoms with van der Waals surface area (Å²) < 4.78 is 12.1. The Hall–Kier alpha value is -1.99. The highest BCUT2D eigenvalue weighted by Gasteiger charge is 2.15. The van der Waals surface area contributed by atoms with Gasteiger partial charge >= 0.3 is 0 Å². The van der Waals surface area contributed by atoms with Gasteiger partial charge in [-0.2, -0.15) is 0 Å². The molecule has 0 radical (unpaired) electrons. The van der Waals surface area contributed by atoms with Crippen LogP contribution in [0.2, 0.25) is 0 Å². The average molecular weight is 277 g/mol. The van der Waals surface area contributed by atoms with Crippen molar-refractivity contribution in [2.45, 2.75) is 19.3 Å². The molecule has 7 heteroatoms. The maximum Gasteiger partial charge on any atom is 0.181 e. The number of aromatic nitrogens is 4. The number of nitrogens with zero attached hydrogens (tertiary/aromatic N) is 4. The Kier molecular flexibility index (Phi) is 4.65. The quantitative estimate of drug-likeness (QED) is 0.802. The summed E-state index contributed by atoms with van der Waals surface area (Å²) in [5.74, 6) is 0.719. The Morgan fingerprint density at radius 1 is 1.25 bits per heavy atom. The lowest BCUT2D eigenvalue weighted by molar-refractivity contribution is -0.109. The van der Waals surface area contributed by atoms with Gasteiger partial charge in [0.2, 0.25) is 0 Å². The highest BCUT2D eigenvalue weighted by atomic mass is 16.7. The van der Waals surface area contributed by atoms with Gasteiger partial charge in [-0.3, -0.25) is 0 Å². The molecule has 108 valence electrons. The number of nitrogens with one attached hydrogen (secondary N) is 1. The van der Waals surface area contributed by atoms with Gasteiger partial charge in [0.15, 0.2) is 12.1 Å². The third-order valence-electron chi connectivity index (χ3n) is 3.01. The van der Waals surface area contributed by atoms with Crippen molar-refractivity contribution in [2.24, 2.45) is 7.05 Å². The van der Waals surface area contributed by atoms with Crippen molar-refractivity contribution >= 4 is 5.69 Å². The fraction of sp³-hybridized carbons (Fsp3) is 0.462. The van der Waals surface area contributed by atoms with E-state index < -0.39 is 0 Å². The molecule has 1 aromatic heterocycles. The van der Waals surface area contributed by atoms with E-state index in [1.807, 2.05) is 38.2 Å². The monoisotopic (exact) mass is 277 g/mol. The maximum absolute atomic E-state index is 5.23. The molecule has 20 heavy (non-hydrogen) atoms. The first-order valence-electron chi connectivity index (χ1n) is 6.30. The number of aryl methyl sites for hydroxylation is 1. The topological polar surface area (TPSA) is 74.1 Å². The molecule has 0 bridgehead atoms. The van der Waals surface area contributed by atoms with Crippen LogP contribution in [0, 0.1) is 0 Å². The van der Waals surface area contributed by atoms with E-state index in [2.05, 4.69) is 20.8 Å². The van der Waals surface area contributed by atoms with E-state index in [1.54, 1.807) is 18.9 Å². The Bertz CT molecular complexity index is 553. The fourth-order valence-corrected chi connectivity index (χ4v) is 2.06. The molecular weight excluding hydrogens is 258 g/mol. The number of tetrazole rings is 1. The standard InChI is InChI=1S/C13H19N5O2/c1-9(13(19-3)20-4)14-11-7-5-6-10(8-11)12-15-16-17-18(12)2/h5-9,13-14H,1-4H3. The number of benzene rings is 1. The summed E-state index contributed by atoms with van der Waals surface area (Å²) in [7, 11) is 5.05. The van der Waals surface area contributed by atoms with Crippen molar-refractivity contribution in [1.29, 1.82) is 0 Å². The smallest absolute Gasteiger partial charge is 0.181 e. The van der Waals surface area contributed by atoms with Crippen LogP contribution >= 0.6 is 0 Å². The summed E-state index contributed by atoms with van der Waals surface area (Å²) in [5, 5.41) is 14.8. The number of methoxy groups -OCH3 is 2. The molecule has 0 aliphatic rings. The summed E-state index contributed by atoms with van der Waals surface area (Å²) in [6.45, 7) is 1.99. The van der Waals surface area contributed by atoms with Crippen LogP contribution in [0.25, 0.3) is 11.4 Å². The zero-order chi connectivity index (χ0) is 14.5. The molecule has 7 nitrogen and oxygen atoms in total. The largest absolute Gasteiger partial charge is 0.377 e. The molecule has 1 unspecified atom stereocenters. The van der Waals surface area contributed by atoms with Crippen molar-refractivity contribution in [2.75, 3.05) is 19.5 Å². The van der Waals surface area contributed by atoms with Gasteiger partial charge in [-0.05, 0) is 29.5 Å². The first kappa shape index (κ1) is 14.4. The van der Waals surface area contributed by atoms with Crippen molar-refractivity contribution in [1.82, 2.24) is 20.2 Å². The van der Waals surface area contributed by atoms with E-state index in [9.17, 15) is 0 Å². The van der Waals surface area contributed by atoms with Crippen molar-refractivity contribution in [3.8, 4) is 11.4 Å². The number of rotatable bonds is 6. The summed E-state index contributed by atoms with van der Waals surface area (Å²) >= 11 is 0. The molecule has 0 amide bonds. The molecule has 2 aromatic rings. The van der Waals surface area contributed by atoms with E-state index >= 15 is 0 Å². The molecular formula is C13H19N5O2. The maximum atomic E-state index is 5.23. The van der Waals surface area contributed by atoms with Gasteiger partial charge in [0.25, 0.3) is 0 Å². The molecule has 0 aliphatic carbocycles. The molecule has 2 rings (SSSR count). The summed E-state index contributed by atoms with van der Waals surface area (Å²) in [4.78, 5) is 0. The molecule has 1 heterocycles. The third kappa shape index (κ3) is 3.12. The lowest BCUT2D eigenvalue weighted by Crippen LogP contribution is -2.33. The molecule has 0 fully saturated rings. The Labute approximate surface area is 117 Å². The molecule has 1 N–H and O–H groups in total.